The number of thiazole rings is 1. The van der Waals surface area contributed by atoms with E-state index in [2.05, 4.69) is 16.4 Å². The van der Waals surface area contributed by atoms with Gasteiger partial charge in [0.05, 0.1) is 25.5 Å². The highest BCUT2D eigenvalue weighted by atomic mass is 32.1. The van der Waals surface area contributed by atoms with Crippen molar-refractivity contribution in [1.82, 2.24) is 4.98 Å². The van der Waals surface area contributed by atoms with E-state index in [0.29, 0.717) is 23.0 Å². The predicted octanol–water partition coefficient (Wildman–Crippen LogP) is 4.10. The molecule has 1 aliphatic carbocycles. The number of allylic oxidation sites excluding steroid dienone is 1. The van der Waals surface area contributed by atoms with Gasteiger partial charge in [0, 0.05) is 11.3 Å². The summed E-state index contributed by atoms with van der Waals surface area (Å²) in [6.07, 6.45) is 4.26. The minimum Gasteiger partial charge on any atom is -0.493 e. The van der Waals surface area contributed by atoms with E-state index in [1.807, 2.05) is 24.3 Å². The summed E-state index contributed by atoms with van der Waals surface area (Å²) in [6, 6.07) is 7.82. The average molecular weight is 312 g/mol. The summed E-state index contributed by atoms with van der Waals surface area (Å²) in [7, 11) is 3.20. The highest BCUT2D eigenvalue weighted by Crippen LogP contribution is 2.41. The van der Waals surface area contributed by atoms with Gasteiger partial charge in [0.1, 0.15) is 11.1 Å². The van der Waals surface area contributed by atoms with Crippen molar-refractivity contribution in [1.29, 1.82) is 5.26 Å². The van der Waals surface area contributed by atoms with Crippen LogP contribution in [0.1, 0.15) is 35.0 Å². The molecule has 5 heteroatoms. The van der Waals surface area contributed by atoms with Crippen LogP contribution in [0, 0.1) is 11.3 Å². The standard InChI is InChI=1S/C17H16N2O2S/c1-20-15-6-3-11(8-16(15)21-2)7-13(9-18)17-19-14(10-22-17)12-4-5-12/h3,6-8,10,12H,4-5H2,1-2H3. The second-order valence-electron chi connectivity index (χ2n) is 5.14. The molecule has 1 aliphatic rings. The second kappa shape index (κ2) is 6.20. The lowest BCUT2D eigenvalue weighted by molar-refractivity contribution is 0.355. The fourth-order valence-corrected chi connectivity index (χ4v) is 3.09. The fourth-order valence-electron chi connectivity index (χ4n) is 2.23. The molecule has 0 radical (unpaired) electrons. The smallest absolute Gasteiger partial charge is 0.161 e. The molecular formula is C17H16N2O2S. The van der Waals surface area contributed by atoms with Crippen LogP contribution in [0.3, 0.4) is 0 Å². The van der Waals surface area contributed by atoms with Crippen LogP contribution in [-0.4, -0.2) is 19.2 Å². The molecular weight excluding hydrogens is 296 g/mol. The van der Waals surface area contributed by atoms with E-state index in [1.54, 1.807) is 14.2 Å². The van der Waals surface area contributed by atoms with Gasteiger partial charge < -0.3 is 9.47 Å². The van der Waals surface area contributed by atoms with Crippen LogP contribution in [-0.2, 0) is 0 Å². The summed E-state index contributed by atoms with van der Waals surface area (Å²) in [6.45, 7) is 0. The molecule has 0 unspecified atom stereocenters. The van der Waals surface area contributed by atoms with E-state index >= 15 is 0 Å². The Balaban J connectivity index is 1.92. The summed E-state index contributed by atoms with van der Waals surface area (Å²) >= 11 is 1.53. The number of rotatable bonds is 5. The molecule has 0 bridgehead atoms. The Bertz CT molecular complexity index is 754. The molecule has 0 atom stereocenters. The third-order valence-corrected chi connectivity index (χ3v) is 4.48. The third-order valence-electron chi connectivity index (χ3n) is 3.59. The Kier molecular flexibility index (Phi) is 4.12. The van der Waals surface area contributed by atoms with E-state index in [1.165, 1.54) is 24.2 Å². The van der Waals surface area contributed by atoms with Crippen LogP contribution in [0.2, 0.25) is 0 Å². The van der Waals surface area contributed by atoms with Crippen molar-refractivity contribution in [2.75, 3.05) is 14.2 Å². The van der Waals surface area contributed by atoms with Crippen molar-refractivity contribution in [3.8, 4) is 17.6 Å². The molecule has 1 aromatic carbocycles. The molecule has 0 amide bonds. The van der Waals surface area contributed by atoms with Crippen molar-refractivity contribution in [3.05, 3.63) is 39.8 Å². The van der Waals surface area contributed by atoms with Gasteiger partial charge in [-0.05, 0) is 36.6 Å². The van der Waals surface area contributed by atoms with Crippen molar-refractivity contribution >= 4 is 23.0 Å². The van der Waals surface area contributed by atoms with Gasteiger partial charge in [-0.15, -0.1) is 11.3 Å². The van der Waals surface area contributed by atoms with Gasteiger partial charge in [0.25, 0.3) is 0 Å². The minimum atomic E-state index is 0.573. The van der Waals surface area contributed by atoms with Crippen molar-refractivity contribution in [3.63, 3.8) is 0 Å². The predicted molar refractivity (Wildman–Crippen MR) is 87.1 cm³/mol. The molecule has 1 saturated carbocycles. The summed E-state index contributed by atoms with van der Waals surface area (Å²) in [5.74, 6) is 1.92. The van der Waals surface area contributed by atoms with E-state index < -0.39 is 0 Å². The normalized spacial score (nSPS) is 14.5. The molecule has 2 aromatic rings. The Morgan fingerprint density at radius 2 is 2.09 bits per heavy atom. The molecule has 4 nitrogen and oxygen atoms in total. The Morgan fingerprint density at radius 1 is 1.32 bits per heavy atom. The maximum absolute atomic E-state index is 9.42. The maximum atomic E-state index is 9.42. The Morgan fingerprint density at radius 3 is 2.73 bits per heavy atom. The molecule has 0 N–H and O–H groups in total. The molecule has 0 aliphatic heterocycles. The Labute approximate surface area is 133 Å². The van der Waals surface area contributed by atoms with E-state index in [9.17, 15) is 5.26 Å². The highest BCUT2D eigenvalue weighted by Gasteiger charge is 2.26. The lowest BCUT2D eigenvalue weighted by atomic mass is 10.1. The van der Waals surface area contributed by atoms with Gasteiger partial charge >= 0.3 is 0 Å². The van der Waals surface area contributed by atoms with Crippen LogP contribution in [0.25, 0.3) is 11.6 Å². The maximum Gasteiger partial charge on any atom is 0.161 e. The number of hydrogen-bond donors (Lipinski definition) is 0. The highest BCUT2D eigenvalue weighted by molar-refractivity contribution is 7.11. The van der Waals surface area contributed by atoms with E-state index in [-0.39, 0.29) is 0 Å². The number of ether oxygens (including phenoxy) is 2. The zero-order valence-corrected chi connectivity index (χ0v) is 13.3. The van der Waals surface area contributed by atoms with Crippen molar-refractivity contribution in [2.24, 2.45) is 0 Å². The monoisotopic (exact) mass is 312 g/mol. The first-order chi connectivity index (χ1) is 10.7. The molecule has 1 fully saturated rings. The molecule has 0 saturated heterocycles. The van der Waals surface area contributed by atoms with E-state index in [4.69, 9.17) is 9.47 Å². The van der Waals surface area contributed by atoms with Crippen LogP contribution >= 0.6 is 11.3 Å². The molecule has 0 spiro atoms. The van der Waals surface area contributed by atoms with Crippen LogP contribution < -0.4 is 9.47 Å². The topological polar surface area (TPSA) is 55.1 Å². The summed E-state index contributed by atoms with van der Waals surface area (Å²) in [5, 5.41) is 12.3. The van der Waals surface area contributed by atoms with Gasteiger partial charge in [0.2, 0.25) is 0 Å². The summed E-state index contributed by atoms with van der Waals surface area (Å²) in [4.78, 5) is 4.59. The van der Waals surface area contributed by atoms with Crippen molar-refractivity contribution in [2.45, 2.75) is 18.8 Å². The van der Waals surface area contributed by atoms with E-state index in [0.717, 1.165) is 16.3 Å². The van der Waals surface area contributed by atoms with Crippen LogP contribution in [0.15, 0.2) is 23.6 Å². The van der Waals surface area contributed by atoms with Crippen LogP contribution in [0.5, 0.6) is 11.5 Å². The van der Waals surface area contributed by atoms with Crippen LogP contribution in [0.4, 0.5) is 0 Å². The molecule has 1 aromatic heterocycles. The lowest BCUT2D eigenvalue weighted by Crippen LogP contribution is -1.91. The lowest BCUT2D eigenvalue weighted by Gasteiger charge is -2.07. The quantitative estimate of drug-likeness (QED) is 0.780. The Hall–Kier alpha value is -2.32. The zero-order valence-electron chi connectivity index (χ0n) is 12.5. The first-order valence-electron chi connectivity index (χ1n) is 7.04. The number of nitriles is 1. The number of nitrogens with zero attached hydrogens (tertiary/aromatic N) is 2. The zero-order chi connectivity index (χ0) is 15.5. The third kappa shape index (κ3) is 2.97. The average Bonchev–Trinajstić information content (AvgIpc) is 3.30. The number of methoxy groups -OCH3 is 2. The second-order valence-corrected chi connectivity index (χ2v) is 5.99. The largest absolute Gasteiger partial charge is 0.493 e. The number of benzene rings is 1. The fraction of sp³-hybridized carbons (Fsp3) is 0.294. The van der Waals surface area contributed by atoms with Crippen molar-refractivity contribution < 1.29 is 9.47 Å². The minimum absolute atomic E-state index is 0.573. The van der Waals surface area contributed by atoms with Gasteiger partial charge in [0.15, 0.2) is 11.5 Å². The molecule has 3 rings (SSSR count). The van der Waals surface area contributed by atoms with Gasteiger partial charge in [-0.3, -0.25) is 0 Å². The van der Waals surface area contributed by atoms with Gasteiger partial charge in [-0.25, -0.2) is 4.98 Å². The SMILES string of the molecule is COc1ccc(C=C(C#N)c2nc(C3CC3)cs2)cc1OC. The van der Waals surface area contributed by atoms with Gasteiger partial charge in [-0.1, -0.05) is 6.07 Å². The summed E-state index contributed by atoms with van der Waals surface area (Å²) in [5.41, 5.74) is 2.58. The number of hydrogen-bond acceptors (Lipinski definition) is 5. The van der Waals surface area contributed by atoms with Gasteiger partial charge in [-0.2, -0.15) is 5.26 Å². The molecule has 112 valence electrons. The first kappa shape index (κ1) is 14.6. The summed E-state index contributed by atoms with van der Waals surface area (Å²) < 4.78 is 10.5. The molecule has 22 heavy (non-hydrogen) atoms. The first-order valence-corrected chi connectivity index (χ1v) is 7.92. The number of aromatic nitrogens is 1. The molecule has 1 heterocycles.